The van der Waals surface area contributed by atoms with Crippen molar-refractivity contribution in [2.45, 2.75) is 57.4 Å². The fourth-order valence-electron chi connectivity index (χ4n) is 1.72. The topological polar surface area (TPSA) is 27.6 Å². The number of rotatable bonds is 0. The highest BCUT2D eigenvalue weighted by molar-refractivity contribution is 4.58. The van der Waals surface area contributed by atoms with Crippen molar-refractivity contribution in [3.63, 3.8) is 0 Å². The van der Waals surface area contributed by atoms with Crippen molar-refractivity contribution in [3.05, 3.63) is 0 Å². The minimum atomic E-state index is 0. The SMILES string of the molecule is [Cl-].[NH3+]C1CCCCCCCC1. The highest BCUT2D eigenvalue weighted by Gasteiger charge is 2.07. The Morgan fingerprint density at radius 1 is 0.727 bits per heavy atom. The molecule has 1 nitrogen and oxygen atoms in total. The van der Waals surface area contributed by atoms with E-state index in [1.54, 1.807) is 0 Å². The predicted molar refractivity (Wildman–Crippen MR) is 43.6 cm³/mol. The lowest BCUT2D eigenvalue weighted by Gasteiger charge is -2.03. The third-order valence-corrected chi connectivity index (χ3v) is 2.47. The van der Waals surface area contributed by atoms with Gasteiger partial charge in [-0.25, -0.2) is 0 Å². The van der Waals surface area contributed by atoms with E-state index in [0.717, 1.165) is 6.04 Å². The smallest absolute Gasteiger partial charge is 0.0843 e. The zero-order valence-corrected chi connectivity index (χ0v) is 8.08. The van der Waals surface area contributed by atoms with Crippen molar-refractivity contribution in [1.29, 1.82) is 0 Å². The third-order valence-electron chi connectivity index (χ3n) is 2.47. The molecule has 2 heteroatoms. The molecule has 0 aromatic carbocycles. The largest absolute Gasteiger partial charge is 1.00 e. The van der Waals surface area contributed by atoms with Crippen LogP contribution in [0.1, 0.15) is 51.4 Å². The van der Waals surface area contributed by atoms with Crippen molar-refractivity contribution in [3.8, 4) is 0 Å². The highest BCUT2D eigenvalue weighted by Crippen LogP contribution is 2.14. The second kappa shape index (κ2) is 6.93. The van der Waals surface area contributed by atoms with E-state index in [9.17, 15) is 0 Å². The molecule has 1 fully saturated rings. The molecule has 0 atom stereocenters. The lowest BCUT2D eigenvalue weighted by molar-refractivity contribution is -0.422. The van der Waals surface area contributed by atoms with E-state index in [4.69, 9.17) is 0 Å². The van der Waals surface area contributed by atoms with Crippen LogP contribution in [0.3, 0.4) is 0 Å². The molecule has 0 unspecified atom stereocenters. The molecule has 1 rings (SSSR count). The van der Waals surface area contributed by atoms with E-state index >= 15 is 0 Å². The van der Waals surface area contributed by atoms with E-state index in [0.29, 0.717) is 0 Å². The van der Waals surface area contributed by atoms with Gasteiger partial charge in [-0.1, -0.05) is 25.7 Å². The summed E-state index contributed by atoms with van der Waals surface area (Å²) in [4.78, 5) is 0. The normalized spacial score (nSPS) is 22.6. The molecule has 0 spiro atoms. The van der Waals surface area contributed by atoms with Crippen molar-refractivity contribution in [2.75, 3.05) is 0 Å². The average molecular weight is 178 g/mol. The molecule has 68 valence electrons. The highest BCUT2D eigenvalue weighted by atomic mass is 35.5. The van der Waals surface area contributed by atoms with Crippen LogP contribution in [0.2, 0.25) is 0 Å². The van der Waals surface area contributed by atoms with Gasteiger partial charge in [-0.15, -0.1) is 0 Å². The number of quaternary nitrogens is 1. The fourth-order valence-corrected chi connectivity index (χ4v) is 1.72. The summed E-state index contributed by atoms with van der Waals surface area (Å²) in [7, 11) is 0. The molecule has 0 aromatic rings. The van der Waals surface area contributed by atoms with E-state index in [2.05, 4.69) is 5.73 Å². The molecule has 1 saturated carbocycles. The van der Waals surface area contributed by atoms with Gasteiger partial charge in [0.2, 0.25) is 0 Å². The minimum Gasteiger partial charge on any atom is -1.00 e. The lowest BCUT2D eigenvalue weighted by atomic mass is 10.1. The maximum absolute atomic E-state index is 4.14. The summed E-state index contributed by atoms with van der Waals surface area (Å²) >= 11 is 0. The van der Waals surface area contributed by atoms with Gasteiger partial charge >= 0.3 is 0 Å². The summed E-state index contributed by atoms with van der Waals surface area (Å²) in [6.45, 7) is 0. The van der Waals surface area contributed by atoms with Gasteiger partial charge in [0.05, 0.1) is 6.04 Å². The Morgan fingerprint density at radius 3 is 1.55 bits per heavy atom. The fraction of sp³-hybridized carbons (Fsp3) is 1.00. The first kappa shape index (κ1) is 11.2. The standard InChI is InChI=1S/C9H19N.ClH/c10-9-7-5-3-1-2-4-6-8-9;/h9H,1-8,10H2;1H. The van der Waals surface area contributed by atoms with Crippen LogP contribution in [0.15, 0.2) is 0 Å². The predicted octanol–water partition coefficient (Wildman–Crippen LogP) is -1.26. The Balaban J connectivity index is 0.000001000. The molecule has 0 radical (unpaired) electrons. The van der Waals surface area contributed by atoms with Crippen molar-refractivity contribution in [2.24, 2.45) is 0 Å². The van der Waals surface area contributed by atoms with Gasteiger partial charge in [0.1, 0.15) is 0 Å². The number of hydrogen-bond donors (Lipinski definition) is 1. The zero-order valence-electron chi connectivity index (χ0n) is 7.32. The molecular formula is C9H20ClN. The average Bonchev–Trinajstić information content (AvgIpc) is 2.02. The van der Waals surface area contributed by atoms with Gasteiger partial charge in [-0.3, -0.25) is 0 Å². The summed E-state index contributed by atoms with van der Waals surface area (Å²) in [5.41, 5.74) is 4.14. The van der Waals surface area contributed by atoms with E-state index in [1.165, 1.54) is 51.4 Å². The monoisotopic (exact) mass is 177 g/mol. The van der Waals surface area contributed by atoms with Gasteiger partial charge in [0.25, 0.3) is 0 Å². The number of halogens is 1. The molecule has 0 bridgehead atoms. The molecule has 0 saturated heterocycles. The van der Waals surface area contributed by atoms with E-state index < -0.39 is 0 Å². The van der Waals surface area contributed by atoms with Crippen LogP contribution in [0.25, 0.3) is 0 Å². The van der Waals surface area contributed by atoms with Gasteiger partial charge < -0.3 is 18.1 Å². The van der Waals surface area contributed by atoms with Crippen molar-refractivity contribution < 1.29 is 18.1 Å². The Morgan fingerprint density at radius 2 is 1.09 bits per heavy atom. The Labute approximate surface area is 76.1 Å². The maximum atomic E-state index is 4.14. The first-order chi connectivity index (χ1) is 4.89. The van der Waals surface area contributed by atoms with E-state index in [1.807, 2.05) is 0 Å². The van der Waals surface area contributed by atoms with Crippen molar-refractivity contribution >= 4 is 0 Å². The van der Waals surface area contributed by atoms with Crippen LogP contribution in [-0.4, -0.2) is 6.04 Å². The molecule has 1 aliphatic rings. The van der Waals surface area contributed by atoms with Crippen LogP contribution in [0, 0.1) is 0 Å². The zero-order chi connectivity index (χ0) is 7.23. The summed E-state index contributed by atoms with van der Waals surface area (Å²) in [6.07, 6.45) is 11.4. The Kier molecular flexibility index (Phi) is 7.09. The van der Waals surface area contributed by atoms with Crippen molar-refractivity contribution in [1.82, 2.24) is 0 Å². The quantitative estimate of drug-likeness (QED) is 0.479. The molecular weight excluding hydrogens is 158 g/mol. The summed E-state index contributed by atoms with van der Waals surface area (Å²) in [5.74, 6) is 0. The van der Waals surface area contributed by atoms with Crippen LogP contribution < -0.4 is 18.1 Å². The lowest BCUT2D eigenvalue weighted by Crippen LogP contribution is -3.00. The van der Waals surface area contributed by atoms with Gasteiger partial charge in [0, 0.05) is 0 Å². The van der Waals surface area contributed by atoms with Crippen LogP contribution >= 0.6 is 0 Å². The van der Waals surface area contributed by atoms with E-state index in [-0.39, 0.29) is 12.4 Å². The van der Waals surface area contributed by atoms with Crippen LogP contribution in [0.5, 0.6) is 0 Å². The second-order valence-electron chi connectivity index (χ2n) is 3.56. The first-order valence-corrected chi connectivity index (χ1v) is 4.72. The second-order valence-corrected chi connectivity index (χ2v) is 3.56. The molecule has 3 N–H and O–H groups in total. The van der Waals surface area contributed by atoms with Crippen LogP contribution in [0.4, 0.5) is 0 Å². The maximum Gasteiger partial charge on any atom is 0.0843 e. The first-order valence-electron chi connectivity index (χ1n) is 4.72. The molecule has 0 aromatic heterocycles. The minimum absolute atomic E-state index is 0. The Bertz CT molecular complexity index is 75.6. The van der Waals surface area contributed by atoms with Crippen LogP contribution in [-0.2, 0) is 0 Å². The van der Waals surface area contributed by atoms with Gasteiger partial charge in [-0.2, -0.15) is 0 Å². The molecule has 0 amide bonds. The summed E-state index contributed by atoms with van der Waals surface area (Å²) in [5, 5.41) is 0. The summed E-state index contributed by atoms with van der Waals surface area (Å²) < 4.78 is 0. The molecule has 0 aliphatic heterocycles. The molecule has 1 aliphatic carbocycles. The Hall–Kier alpha value is 0.250. The summed E-state index contributed by atoms with van der Waals surface area (Å²) in [6, 6.07) is 0.762. The van der Waals surface area contributed by atoms with Gasteiger partial charge in [0.15, 0.2) is 0 Å². The number of hydrogen-bond acceptors (Lipinski definition) is 0. The third kappa shape index (κ3) is 5.51. The van der Waals surface area contributed by atoms with Gasteiger partial charge in [-0.05, 0) is 25.7 Å². The molecule has 0 heterocycles. The molecule has 11 heavy (non-hydrogen) atoms.